The highest BCUT2D eigenvalue weighted by Crippen LogP contribution is 2.25. The fourth-order valence-corrected chi connectivity index (χ4v) is 2.44. The van der Waals surface area contributed by atoms with Crippen molar-refractivity contribution in [2.75, 3.05) is 18.5 Å². The number of anilines is 1. The minimum atomic E-state index is -0.680. The first-order valence-corrected chi connectivity index (χ1v) is 7.11. The largest absolute Gasteiger partial charge is 0.389 e. The van der Waals surface area contributed by atoms with E-state index in [2.05, 4.69) is 35.3 Å². The van der Waals surface area contributed by atoms with Crippen LogP contribution in [-0.4, -0.2) is 30.3 Å². The van der Waals surface area contributed by atoms with E-state index in [1.165, 1.54) is 29.7 Å². The van der Waals surface area contributed by atoms with E-state index >= 15 is 0 Å². The molecule has 0 heterocycles. The predicted molar refractivity (Wildman–Crippen MR) is 80.6 cm³/mol. The van der Waals surface area contributed by atoms with Gasteiger partial charge >= 0.3 is 0 Å². The lowest BCUT2D eigenvalue weighted by Crippen LogP contribution is -2.37. The Morgan fingerprint density at radius 1 is 1.37 bits per heavy atom. The van der Waals surface area contributed by atoms with Crippen molar-refractivity contribution in [1.29, 1.82) is 0 Å². The number of rotatable bonds is 6. The highest BCUT2D eigenvalue weighted by atomic mass is 16.3. The topological polar surface area (TPSA) is 35.5 Å². The molecule has 3 heteroatoms. The quantitative estimate of drug-likeness (QED) is 0.826. The number of benzene rings is 1. The zero-order chi connectivity index (χ0) is 14.0. The van der Waals surface area contributed by atoms with Gasteiger partial charge in [0, 0.05) is 31.9 Å². The molecular formula is C16H26N2O. The van der Waals surface area contributed by atoms with Crippen molar-refractivity contribution in [3.05, 3.63) is 29.3 Å². The van der Waals surface area contributed by atoms with E-state index in [0.717, 1.165) is 6.54 Å². The summed E-state index contributed by atoms with van der Waals surface area (Å²) in [5, 5.41) is 13.5. The molecule has 1 saturated carbocycles. The molecule has 0 amide bonds. The van der Waals surface area contributed by atoms with Crippen LogP contribution in [0, 0.1) is 6.92 Å². The summed E-state index contributed by atoms with van der Waals surface area (Å²) >= 11 is 0. The molecule has 0 unspecified atom stereocenters. The molecule has 3 nitrogen and oxygen atoms in total. The van der Waals surface area contributed by atoms with Crippen molar-refractivity contribution in [2.45, 2.75) is 51.8 Å². The Morgan fingerprint density at radius 3 is 2.63 bits per heavy atom. The third kappa shape index (κ3) is 4.51. The van der Waals surface area contributed by atoms with Crippen LogP contribution in [0.4, 0.5) is 5.69 Å². The fourth-order valence-electron chi connectivity index (χ4n) is 2.44. The summed E-state index contributed by atoms with van der Waals surface area (Å²) in [6.45, 7) is 7.37. The Balaban J connectivity index is 2.12. The number of aliphatic hydroxyl groups is 1. The number of hydrogen-bond acceptors (Lipinski definition) is 3. The molecule has 106 valence electrons. The van der Waals surface area contributed by atoms with E-state index < -0.39 is 5.60 Å². The number of aryl methyl sites for hydroxylation is 1. The first-order chi connectivity index (χ1) is 8.85. The third-order valence-corrected chi connectivity index (χ3v) is 3.43. The maximum atomic E-state index is 9.97. The Hall–Kier alpha value is -1.06. The molecule has 1 fully saturated rings. The Morgan fingerprint density at radius 2 is 2.05 bits per heavy atom. The molecule has 0 bridgehead atoms. The van der Waals surface area contributed by atoms with Gasteiger partial charge in [-0.2, -0.15) is 0 Å². The van der Waals surface area contributed by atoms with Crippen LogP contribution in [0.2, 0.25) is 0 Å². The van der Waals surface area contributed by atoms with Crippen molar-refractivity contribution in [1.82, 2.24) is 5.32 Å². The number of hydrogen-bond donors (Lipinski definition) is 2. The molecule has 0 radical (unpaired) electrons. The second-order valence-electron chi connectivity index (χ2n) is 6.46. The number of nitrogens with zero attached hydrogens (tertiary/aromatic N) is 1. The molecule has 1 aliphatic carbocycles. The monoisotopic (exact) mass is 262 g/mol. The standard InChI is InChI=1S/C16H26N2O/c1-12-5-8-15(18(4)11-16(2,3)19)13(9-12)10-17-14-6-7-14/h5,8-9,14,17,19H,6-7,10-11H2,1-4H3. The van der Waals surface area contributed by atoms with Gasteiger partial charge in [-0.3, -0.25) is 0 Å². The van der Waals surface area contributed by atoms with Gasteiger partial charge in [0.15, 0.2) is 0 Å². The van der Waals surface area contributed by atoms with Gasteiger partial charge in [0.2, 0.25) is 0 Å². The third-order valence-electron chi connectivity index (χ3n) is 3.43. The van der Waals surface area contributed by atoms with Gasteiger partial charge in [-0.25, -0.2) is 0 Å². The van der Waals surface area contributed by atoms with Crippen LogP contribution < -0.4 is 10.2 Å². The molecule has 0 aliphatic heterocycles. The average molecular weight is 262 g/mol. The normalized spacial score (nSPS) is 15.6. The van der Waals surface area contributed by atoms with Crippen LogP contribution in [0.25, 0.3) is 0 Å². The fraction of sp³-hybridized carbons (Fsp3) is 0.625. The van der Waals surface area contributed by atoms with E-state index in [1.54, 1.807) is 0 Å². The van der Waals surface area contributed by atoms with Crippen LogP contribution in [0.5, 0.6) is 0 Å². The van der Waals surface area contributed by atoms with Crippen LogP contribution in [0.1, 0.15) is 37.8 Å². The lowest BCUT2D eigenvalue weighted by atomic mass is 10.1. The predicted octanol–water partition coefficient (Wildman–Crippen LogP) is 2.45. The van der Waals surface area contributed by atoms with Gasteiger partial charge in [-0.05, 0) is 45.2 Å². The molecule has 1 aromatic carbocycles. The molecule has 0 saturated heterocycles. The molecule has 2 rings (SSSR count). The van der Waals surface area contributed by atoms with Crippen LogP contribution >= 0.6 is 0 Å². The average Bonchev–Trinajstić information content (AvgIpc) is 3.07. The Labute approximate surface area is 116 Å². The maximum absolute atomic E-state index is 9.97. The minimum Gasteiger partial charge on any atom is -0.389 e. The summed E-state index contributed by atoms with van der Waals surface area (Å²) in [5.74, 6) is 0. The highest BCUT2D eigenvalue weighted by molar-refractivity contribution is 5.54. The van der Waals surface area contributed by atoms with E-state index in [4.69, 9.17) is 0 Å². The second-order valence-corrected chi connectivity index (χ2v) is 6.46. The van der Waals surface area contributed by atoms with Gasteiger partial charge in [0.1, 0.15) is 0 Å². The number of likely N-dealkylation sites (N-methyl/N-ethyl adjacent to an activating group) is 1. The van der Waals surface area contributed by atoms with Gasteiger partial charge in [-0.1, -0.05) is 17.7 Å². The second kappa shape index (κ2) is 5.51. The van der Waals surface area contributed by atoms with E-state index in [9.17, 15) is 5.11 Å². The van der Waals surface area contributed by atoms with Gasteiger partial charge in [0.25, 0.3) is 0 Å². The van der Waals surface area contributed by atoms with E-state index in [0.29, 0.717) is 12.6 Å². The maximum Gasteiger partial charge on any atom is 0.0765 e. The van der Waals surface area contributed by atoms with Gasteiger partial charge in [0.05, 0.1) is 5.60 Å². The summed E-state index contributed by atoms with van der Waals surface area (Å²) in [7, 11) is 2.04. The minimum absolute atomic E-state index is 0.631. The van der Waals surface area contributed by atoms with Crippen LogP contribution in [-0.2, 0) is 6.54 Å². The van der Waals surface area contributed by atoms with Crippen LogP contribution in [0.15, 0.2) is 18.2 Å². The molecule has 1 aliphatic rings. The summed E-state index contributed by atoms with van der Waals surface area (Å²) in [5.41, 5.74) is 3.13. The van der Waals surface area contributed by atoms with E-state index in [-0.39, 0.29) is 0 Å². The zero-order valence-corrected chi connectivity index (χ0v) is 12.5. The first-order valence-electron chi connectivity index (χ1n) is 7.11. The summed E-state index contributed by atoms with van der Waals surface area (Å²) in [4.78, 5) is 2.14. The van der Waals surface area contributed by atoms with Gasteiger partial charge < -0.3 is 15.3 Å². The SMILES string of the molecule is Cc1ccc(N(C)CC(C)(C)O)c(CNC2CC2)c1. The van der Waals surface area contributed by atoms with Crippen molar-refractivity contribution in [3.63, 3.8) is 0 Å². The molecular weight excluding hydrogens is 236 g/mol. The zero-order valence-electron chi connectivity index (χ0n) is 12.5. The van der Waals surface area contributed by atoms with Crippen molar-refractivity contribution in [2.24, 2.45) is 0 Å². The Bertz CT molecular complexity index is 433. The smallest absolute Gasteiger partial charge is 0.0765 e. The lowest BCUT2D eigenvalue weighted by molar-refractivity contribution is 0.0886. The van der Waals surface area contributed by atoms with Crippen molar-refractivity contribution < 1.29 is 5.11 Å². The summed E-state index contributed by atoms with van der Waals surface area (Å²) in [6.07, 6.45) is 2.61. The van der Waals surface area contributed by atoms with Gasteiger partial charge in [-0.15, -0.1) is 0 Å². The molecule has 0 spiro atoms. The van der Waals surface area contributed by atoms with Crippen molar-refractivity contribution >= 4 is 5.69 Å². The lowest BCUT2D eigenvalue weighted by Gasteiger charge is -2.29. The first kappa shape index (κ1) is 14.4. The summed E-state index contributed by atoms with van der Waals surface area (Å²) in [6, 6.07) is 7.25. The van der Waals surface area contributed by atoms with Crippen molar-refractivity contribution in [3.8, 4) is 0 Å². The Kier molecular flexibility index (Phi) is 4.16. The molecule has 19 heavy (non-hydrogen) atoms. The molecule has 2 N–H and O–H groups in total. The van der Waals surface area contributed by atoms with Crippen LogP contribution in [0.3, 0.4) is 0 Å². The number of nitrogens with one attached hydrogen (secondary N) is 1. The summed E-state index contributed by atoms with van der Waals surface area (Å²) < 4.78 is 0. The van der Waals surface area contributed by atoms with E-state index in [1.807, 2.05) is 20.9 Å². The molecule has 0 atom stereocenters. The molecule has 1 aromatic rings. The highest BCUT2D eigenvalue weighted by Gasteiger charge is 2.22. The molecule has 0 aromatic heterocycles.